The van der Waals surface area contributed by atoms with Crippen LogP contribution in [0.15, 0.2) is 0 Å². The number of aliphatic hydroxyl groups excluding tert-OH is 17. The first-order chi connectivity index (χ1) is 35.7. The summed E-state index contributed by atoms with van der Waals surface area (Å²) in [4.78, 5) is 12.8. The molecular weight excluding hydrogens is 1020 g/mol. The van der Waals surface area contributed by atoms with Gasteiger partial charge in [0.15, 0.2) is 37.7 Å². The summed E-state index contributed by atoms with van der Waals surface area (Å²) >= 11 is 0. The fraction of sp³-hybridized carbons (Fsp3) is 0.977. The maximum atomic E-state index is 12.8. The first-order valence-corrected chi connectivity index (χ1v) is 24.7. The molecule has 6 rings (SSSR count). The average Bonchev–Trinajstić information content (AvgIpc) is 3.39. The van der Waals surface area contributed by atoms with Gasteiger partial charge in [-0.05, 0) is 32.7 Å². The monoisotopic (exact) mass is 1100 g/mol. The Morgan fingerprint density at radius 1 is 0.413 bits per heavy atom. The van der Waals surface area contributed by atoms with Crippen LogP contribution in [-0.4, -0.2) is 323 Å². The van der Waals surface area contributed by atoms with Crippen LogP contribution in [0.5, 0.6) is 0 Å². The number of nitrogens with one attached hydrogen (secondary N) is 1. The van der Waals surface area contributed by atoms with E-state index in [0.717, 1.165) is 13.3 Å². The Hall–Kier alpha value is -1.73. The van der Waals surface area contributed by atoms with Crippen LogP contribution in [0.2, 0.25) is 0 Å². The normalized spacial score (nSPS) is 48.9. The highest BCUT2D eigenvalue weighted by atomic mass is 16.8. The van der Waals surface area contributed by atoms with E-state index in [1.165, 1.54) is 6.92 Å². The van der Waals surface area contributed by atoms with Gasteiger partial charge in [0, 0.05) is 13.5 Å². The van der Waals surface area contributed by atoms with Crippen molar-refractivity contribution in [2.75, 3.05) is 46.2 Å². The lowest BCUT2D eigenvalue weighted by Crippen LogP contribution is -2.70. The van der Waals surface area contributed by atoms with Crippen molar-refractivity contribution in [3.63, 3.8) is 0 Å². The second-order valence-electron chi connectivity index (χ2n) is 19.2. The second kappa shape index (κ2) is 28.1. The van der Waals surface area contributed by atoms with Crippen molar-refractivity contribution >= 4 is 5.91 Å². The van der Waals surface area contributed by atoms with E-state index >= 15 is 0 Å². The molecule has 6 fully saturated rings. The highest BCUT2D eigenvalue weighted by Crippen LogP contribution is 2.37. The molecule has 1 amide bonds. The van der Waals surface area contributed by atoms with Crippen molar-refractivity contribution in [2.24, 2.45) is 5.73 Å². The molecule has 20 N–H and O–H groups in total. The van der Waals surface area contributed by atoms with Crippen LogP contribution in [0.25, 0.3) is 0 Å². The molecule has 32 heteroatoms. The predicted molar refractivity (Wildman–Crippen MR) is 236 cm³/mol. The second-order valence-corrected chi connectivity index (χ2v) is 19.2. The molecule has 0 aromatic rings. The van der Waals surface area contributed by atoms with E-state index in [9.17, 15) is 91.6 Å². The van der Waals surface area contributed by atoms with Crippen molar-refractivity contribution in [1.29, 1.82) is 0 Å². The lowest BCUT2D eigenvalue weighted by molar-refractivity contribution is -0.393. The molecule has 75 heavy (non-hydrogen) atoms. The van der Waals surface area contributed by atoms with Gasteiger partial charge >= 0.3 is 0 Å². The Kier molecular flexibility index (Phi) is 23.4. The molecule has 6 aliphatic heterocycles. The number of hydrogen-bond acceptors (Lipinski definition) is 31. The zero-order chi connectivity index (χ0) is 55.2. The zero-order valence-electron chi connectivity index (χ0n) is 40.9. The Bertz CT molecular complexity index is 1720. The molecule has 6 heterocycles. The quantitative estimate of drug-likeness (QED) is 0.0448. The third kappa shape index (κ3) is 14.1. The zero-order valence-corrected chi connectivity index (χ0v) is 40.9. The summed E-state index contributed by atoms with van der Waals surface area (Å²) < 4.78 is 69.1. The largest absolute Gasteiger partial charge is 0.394 e. The van der Waals surface area contributed by atoms with Crippen LogP contribution in [0.1, 0.15) is 33.1 Å². The number of carbonyl (C=O) groups excluding carboxylic acids is 1. The van der Waals surface area contributed by atoms with Crippen molar-refractivity contribution in [1.82, 2.24) is 5.32 Å². The van der Waals surface area contributed by atoms with Gasteiger partial charge in [0.25, 0.3) is 0 Å². The molecule has 0 spiro atoms. The van der Waals surface area contributed by atoms with Crippen LogP contribution in [0.4, 0.5) is 0 Å². The Morgan fingerprint density at radius 2 is 0.827 bits per heavy atom. The summed E-state index contributed by atoms with van der Waals surface area (Å²) in [5.41, 5.74) is 5.51. The fourth-order valence-corrected chi connectivity index (χ4v) is 9.59. The van der Waals surface area contributed by atoms with Gasteiger partial charge in [-0.25, -0.2) is 0 Å². The van der Waals surface area contributed by atoms with Crippen molar-refractivity contribution in [3.05, 3.63) is 0 Å². The maximum absolute atomic E-state index is 12.8. The first kappa shape index (κ1) is 62.5. The van der Waals surface area contributed by atoms with Gasteiger partial charge in [0.1, 0.15) is 140 Å². The Balaban J connectivity index is 1.20. The van der Waals surface area contributed by atoms with Gasteiger partial charge in [-0.15, -0.1) is 0 Å². The number of unbranched alkanes of at least 4 members (excludes halogenated alkanes) is 2. The highest BCUT2D eigenvalue weighted by molar-refractivity contribution is 5.73. The van der Waals surface area contributed by atoms with Crippen molar-refractivity contribution < 1.29 is 148 Å². The lowest BCUT2D eigenvalue weighted by Gasteiger charge is -2.51. The van der Waals surface area contributed by atoms with Gasteiger partial charge < -0.3 is 155 Å². The third-order valence-corrected chi connectivity index (χ3v) is 13.9. The molecule has 30 atom stereocenters. The van der Waals surface area contributed by atoms with E-state index in [2.05, 4.69) is 5.32 Å². The minimum Gasteiger partial charge on any atom is -0.394 e. The first-order valence-electron chi connectivity index (χ1n) is 24.7. The number of amides is 1. The lowest BCUT2D eigenvalue weighted by atomic mass is 9.94. The van der Waals surface area contributed by atoms with E-state index in [1.54, 1.807) is 0 Å². The molecule has 0 bridgehead atoms. The summed E-state index contributed by atoms with van der Waals surface area (Å²) in [7, 11) is 0. The summed E-state index contributed by atoms with van der Waals surface area (Å²) in [6, 6.07) is -1.78. The average molecular weight is 1100 g/mol. The molecule has 0 aromatic heterocycles. The summed E-state index contributed by atoms with van der Waals surface area (Å²) in [5, 5.41) is 186. The van der Waals surface area contributed by atoms with Gasteiger partial charge in [-0.1, -0.05) is 0 Å². The summed E-state index contributed by atoms with van der Waals surface area (Å²) in [6.07, 6.45) is -51.2. The summed E-state index contributed by atoms with van der Waals surface area (Å²) in [5.74, 6) is -0.858. The smallest absolute Gasteiger partial charge is 0.217 e. The van der Waals surface area contributed by atoms with Crippen LogP contribution in [0.3, 0.4) is 0 Å². The molecule has 6 aliphatic rings. The number of hydrogen-bond donors (Lipinski definition) is 19. The van der Waals surface area contributed by atoms with Crippen molar-refractivity contribution in [2.45, 2.75) is 217 Å². The highest BCUT2D eigenvalue weighted by Gasteiger charge is 2.58. The minimum atomic E-state index is -2.21. The van der Waals surface area contributed by atoms with Gasteiger partial charge in [-0.3, -0.25) is 4.79 Å². The number of aliphatic hydroxyl groups is 17. The fourth-order valence-electron chi connectivity index (χ4n) is 9.59. The number of ether oxygens (including phenoxy) is 12. The Morgan fingerprint density at radius 3 is 1.39 bits per heavy atom. The van der Waals surface area contributed by atoms with Crippen LogP contribution >= 0.6 is 0 Å². The Labute approximate surface area is 428 Å². The van der Waals surface area contributed by atoms with Gasteiger partial charge in [0.2, 0.25) is 5.91 Å². The number of nitrogens with two attached hydrogens (primary N) is 1. The van der Waals surface area contributed by atoms with Gasteiger partial charge in [-0.2, -0.15) is 0 Å². The molecule has 0 aliphatic carbocycles. The maximum Gasteiger partial charge on any atom is 0.217 e. The standard InChI is InChI=1S/C43H76N2O30/c1-13-21(52)25(56)29(60)40(65-13)75-37-26(57)22(53)15(8-46)68-43(37)73-35-20(45-14(2)51)38(66-16(9-47)23(35)54)74-36-24(55)17(10-48)67-42(32(36)63)72-34-19(12-50)70-41(31(62)28(34)59)71-33-18(11-49)69-39(30(61)27(33)58)64-7-5-3-4-6-44/h13,15-43,46-50,52-63H,3-12,44H2,1-2H3,(H,45,51)/t13?,15?,16?,17?,18?,19?,20-,21?,22-,23-,24-,25-,26?,27?,28?,29-,30-,31-,32?,33+,34-,35?,36-,37-,38-,39+,40-,41-,42+,43-/m0/s1. The van der Waals surface area contributed by atoms with E-state index < -0.39 is 223 Å². The topological polar surface area (TPSA) is 510 Å². The van der Waals surface area contributed by atoms with E-state index in [0.29, 0.717) is 19.4 Å². The summed E-state index contributed by atoms with van der Waals surface area (Å²) in [6.45, 7) is -1.86. The third-order valence-electron chi connectivity index (χ3n) is 13.9. The SMILES string of the molecule is CC(=O)N[C@H]1C(O[C@@H]2OC(CO)[C@H](O)C(O)[C@@H]2O[C@@H]2OC(C)C(O)[C@H](O)[C@@H]2O)[C@@H](O)C(CO)O[C@H]1O[C@@H]1C(O)[C@@H](O[C@H]2C(CO)O[C@@H](O[C@@H]3C(CO)O[C@@H](OCCCCCN)[C@@H](O)C3O)[C@@H](O)C2O)OC(CO)[C@@H]1O. The molecule has 6 saturated heterocycles. The predicted octanol–water partition coefficient (Wildman–Crippen LogP) is -11.8. The van der Waals surface area contributed by atoms with E-state index in [1.807, 2.05) is 0 Å². The molecular formula is C43H76N2O30. The van der Waals surface area contributed by atoms with Crippen molar-refractivity contribution in [3.8, 4) is 0 Å². The molecule has 0 saturated carbocycles. The minimum absolute atomic E-state index is 0.111. The molecule has 0 radical (unpaired) electrons. The van der Waals surface area contributed by atoms with Crippen LogP contribution in [-0.2, 0) is 61.6 Å². The van der Waals surface area contributed by atoms with E-state index in [4.69, 9.17) is 62.6 Å². The van der Waals surface area contributed by atoms with Gasteiger partial charge in [0.05, 0.1) is 39.1 Å². The van der Waals surface area contributed by atoms with Crippen LogP contribution in [0, 0.1) is 0 Å². The van der Waals surface area contributed by atoms with Crippen LogP contribution < -0.4 is 11.1 Å². The number of rotatable bonds is 22. The molecule has 438 valence electrons. The molecule has 32 nitrogen and oxygen atoms in total. The molecule has 12 unspecified atom stereocenters. The number of carbonyl (C=O) groups is 1. The molecule has 0 aromatic carbocycles. The van der Waals surface area contributed by atoms with E-state index in [-0.39, 0.29) is 6.61 Å².